The first-order valence-electron chi connectivity index (χ1n) is 18.5. The van der Waals surface area contributed by atoms with Crippen molar-refractivity contribution in [2.24, 2.45) is 0 Å². The van der Waals surface area contributed by atoms with E-state index in [1.807, 2.05) is 104 Å². The van der Waals surface area contributed by atoms with Gasteiger partial charge in [0.15, 0.2) is 13.6 Å². The highest BCUT2D eigenvalue weighted by atomic mass is 16.7. The van der Waals surface area contributed by atoms with Crippen LogP contribution in [0.1, 0.15) is 77.6 Å². The van der Waals surface area contributed by atoms with Crippen LogP contribution in [-0.4, -0.2) is 64.4 Å². The van der Waals surface area contributed by atoms with E-state index in [9.17, 15) is 10.5 Å². The van der Waals surface area contributed by atoms with Gasteiger partial charge in [-0.1, -0.05) is 24.3 Å². The van der Waals surface area contributed by atoms with Crippen molar-refractivity contribution in [3.8, 4) is 34.8 Å². The second kappa shape index (κ2) is 15.2. The summed E-state index contributed by atoms with van der Waals surface area (Å²) in [6.45, 7) is 16.3. The van der Waals surface area contributed by atoms with Gasteiger partial charge in [-0.25, -0.2) is 0 Å². The van der Waals surface area contributed by atoms with Crippen LogP contribution in [0.2, 0.25) is 12.6 Å². The molecule has 2 aliphatic heterocycles. The zero-order valence-corrected chi connectivity index (χ0v) is 33.2. The third-order valence-electron chi connectivity index (χ3n) is 11.5. The normalized spacial score (nSPS) is 18.2. The van der Waals surface area contributed by atoms with Crippen molar-refractivity contribution in [1.29, 1.82) is 10.5 Å². The van der Waals surface area contributed by atoms with Crippen LogP contribution in [0.25, 0.3) is 32.7 Å². The summed E-state index contributed by atoms with van der Waals surface area (Å²) in [6, 6.07) is 20.5. The second-order valence-electron chi connectivity index (χ2n) is 16.0. The first kappa shape index (κ1) is 39.6. The molecule has 0 spiro atoms. The number of fused-ring (bicyclic) bond motifs is 2. The highest BCUT2D eigenvalue weighted by molar-refractivity contribution is 6.46. The minimum Gasteiger partial charge on any atom is -0.467 e. The molecule has 0 aliphatic carbocycles. The third-order valence-corrected chi connectivity index (χ3v) is 11.5. The first-order chi connectivity index (χ1) is 25.6. The largest absolute Gasteiger partial charge is 0.467 e. The fourth-order valence-electron chi connectivity index (χ4n) is 7.26. The van der Waals surface area contributed by atoms with Gasteiger partial charge in [-0.05, 0) is 127 Å². The number of benzene rings is 4. The lowest BCUT2D eigenvalue weighted by Crippen LogP contribution is -2.41. The standard InChI is InChI=1S/C42H50B2N2O8/c1-39(2)40(3,4)52-43(51-39)21-19-27-11-13-31-29(33(27)23-45)15-17-35(49-25-47-9)37(31)38-32-14-12-28(20-22-44-53-41(5,6)42(7,8)54-44)34(24-46)30(32)16-18-36(38)50-26-48-10/h11-18H,19-22,25-26H2,1-10H3. The van der Waals surface area contributed by atoms with E-state index < -0.39 is 22.4 Å². The van der Waals surface area contributed by atoms with E-state index in [0.717, 1.165) is 32.7 Å². The van der Waals surface area contributed by atoms with Crippen molar-refractivity contribution in [3.05, 3.63) is 70.8 Å². The highest BCUT2D eigenvalue weighted by Crippen LogP contribution is 2.48. The van der Waals surface area contributed by atoms with Crippen LogP contribution in [0.3, 0.4) is 0 Å². The van der Waals surface area contributed by atoms with E-state index in [-0.39, 0.29) is 27.8 Å². The average Bonchev–Trinajstić information content (AvgIpc) is 3.47. The second-order valence-corrected chi connectivity index (χ2v) is 16.0. The molecule has 0 unspecified atom stereocenters. The van der Waals surface area contributed by atoms with Crippen LogP contribution in [0.4, 0.5) is 0 Å². The Balaban J connectivity index is 1.46. The Kier molecular flexibility index (Phi) is 11.1. The number of methoxy groups -OCH3 is 2. The van der Waals surface area contributed by atoms with Crippen LogP contribution >= 0.6 is 0 Å². The molecule has 2 aliphatic rings. The Morgan fingerprint density at radius 3 is 1.17 bits per heavy atom. The Morgan fingerprint density at radius 2 is 0.852 bits per heavy atom. The molecule has 0 bridgehead atoms. The van der Waals surface area contributed by atoms with Gasteiger partial charge in [0, 0.05) is 36.1 Å². The number of hydrogen-bond acceptors (Lipinski definition) is 10. The zero-order chi connectivity index (χ0) is 39.1. The van der Waals surface area contributed by atoms with Crippen LogP contribution in [0.15, 0.2) is 48.5 Å². The topological polar surface area (TPSA) is 121 Å². The third kappa shape index (κ3) is 7.32. The van der Waals surface area contributed by atoms with Gasteiger partial charge in [0.05, 0.1) is 33.5 Å². The van der Waals surface area contributed by atoms with E-state index in [2.05, 4.69) is 12.1 Å². The molecular formula is C42H50B2N2O8. The van der Waals surface area contributed by atoms with Gasteiger partial charge in [-0.2, -0.15) is 10.5 Å². The smallest absolute Gasteiger partial charge is 0.458 e. The summed E-state index contributed by atoms with van der Waals surface area (Å²) < 4.78 is 48.1. The molecule has 2 heterocycles. The van der Waals surface area contributed by atoms with Gasteiger partial charge in [-0.3, -0.25) is 0 Å². The number of nitriles is 2. The van der Waals surface area contributed by atoms with Gasteiger partial charge in [0.2, 0.25) is 0 Å². The van der Waals surface area contributed by atoms with Crippen LogP contribution in [0.5, 0.6) is 11.5 Å². The lowest BCUT2D eigenvalue weighted by atomic mass is 9.79. The predicted molar refractivity (Wildman–Crippen MR) is 211 cm³/mol. The van der Waals surface area contributed by atoms with Crippen molar-refractivity contribution in [1.82, 2.24) is 0 Å². The molecule has 54 heavy (non-hydrogen) atoms. The van der Waals surface area contributed by atoms with Gasteiger partial charge < -0.3 is 37.6 Å². The van der Waals surface area contributed by atoms with E-state index >= 15 is 0 Å². The summed E-state index contributed by atoms with van der Waals surface area (Å²) in [5.74, 6) is 1.08. The molecule has 0 radical (unpaired) electrons. The SMILES string of the molecule is COCOc1ccc2c(C#N)c(CCB3OC(C)(C)C(C)(C)O3)ccc2c1-c1c(OCOC)ccc2c(C#N)c(CCB3OC(C)(C)C(C)(C)O3)ccc12. The number of nitrogens with zero attached hydrogens (tertiary/aromatic N) is 2. The predicted octanol–water partition coefficient (Wildman–Crippen LogP) is 8.64. The molecule has 0 aromatic heterocycles. The van der Waals surface area contributed by atoms with Crippen LogP contribution in [0, 0.1) is 22.7 Å². The van der Waals surface area contributed by atoms with Crippen molar-refractivity contribution in [2.45, 2.75) is 103 Å². The van der Waals surface area contributed by atoms with Gasteiger partial charge >= 0.3 is 14.2 Å². The Morgan fingerprint density at radius 1 is 0.519 bits per heavy atom. The van der Waals surface area contributed by atoms with Crippen LogP contribution < -0.4 is 9.47 Å². The van der Waals surface area contributed by atoms with Gasteiger partial charge in [-0.15, -0.1) is 0 Å². The molecule has 282 valence electrons. The molecular weight excluding hydrogens is 682 g/mol. The summed E-state index contributed by atoms with van der Waals surface area (Å²) >= 11 is 0. The maximum atomic E-state index is 10.6. The minimum absolute atomic E-state index is 0.00131. The fourth-order valence-corrected chi connectivity index (χ4v) is 7.26. The summed E-state index contributed by atoms with van der Waals surface area (Å²) in [5.41, 5.74) is 2.58. The molecule has 10 nitrogen and oxygen atoms in total. The molecule has 0 saturated carbocycles. The summed E-state index contributed by atoms with van der Waals surface area (Å²) in [6.07, 6.45) is 2.37. The molecule has 6 rings (SSSR count). The number of aryl methyl sites for hydroxylation is 2. The van der Waals surface area contributed by atoms with Crippen LogP contribution in [-0.2, 0) is 40.9 Å². The maximum absolute atomic E-state index is 10.6. The summed E-state index contributed by atoms with van der Waals surface area (Å²) in [7, 11) is 2.36. The summed E-state index contributed by atoms with van der Waals surface area (Å²) in [5, 5.41) is 24.3. The molecule has 12 heteroatoms. The zero-order valence-electron chi connectivity index (χ0n) is 33.2. The lowest BCUT2D eigenvalue weighted by molar-refractivity contribution is 0.00578. The molecule has 4 aromatic rings. The van der Waals surface area contributed by atoms with E-state index in [1.165, 1.54) is 0 Å². The fraction of sp³-hybridized carbons (Fsp3) is 0.476. The molecule has 0 amide bonds. The quantitative estimate of drug-likeness (QED) is 0.0976. The average molecular weight is 732 g/mol. The van der Waals surface area contributed by atoms with E-state index in [0.29, 0.717) is 59.2 Å². The Labute approximate surface area is 319 Å². The highest BCUT2D eigenvalue weighted by Gasteiger charge is 2.51. The van der Waals surface area contributed by atoms with Crippen molar-refractivity contribution < 1.29 is 37.6 Å². The molecule has 2 fully saturated rings. The van der Waals surface area contributed by atoms with Crippen molar-refractivity contribution >= 4 is 35.8 Å². The monoisotopic (exact) mass is 732 g/mol. The lowest BCUT2D eigenvalue weighted by Gasteiger charge is -2.32. The Hall–Kier alpha value is -4.13. The Bertz CT molecular complexity index is 1950. The van der Waals surface area contributed by atoms with E-state index in [4.69, 9.17) is 37.6 Å². The van der Waals surface area contributed by atoms with Gasteiger partial charge in [0.25, 0.3) is 0 Å². The molecule has 0 N–H and O–H groups in total. The summed E-state index contributed by atoms with van der Waals surface area (Å²) in [4.78, 5) is 0. The van der Waals surface area contributed by atoms with Crippen molar-refractivity contribution in [2.75, 3.05) is 27.8 Å². The number of hydrogen-bond donors (Lipinski definition) is 0. The first-order valence-corrected chi connectivity index (χ1v) is 18.5. The minimum atomic E-state index is -0.437. The molecule has 2 saturated heterocycles. The van der Waals surface area contributed by atoms with Crippen molar-refractivity contribution in [3.63, 3.8) is 0 Å². The van der Waals surface area contributed by atoms with Gasteiger partial charge in [0.1, 0.15) is 23.6 Å². The molecule has 4 aromatic carbocycles. The molecule has 0 atom stereocenters. The number of ether oxygens (including phenoxy) is 4. The van der Waals surface area contributed by atoms with E-state index in [1.54, 1.807) is 14.2 Å². The number of rotatable bonds is 13. The maximum Gasteiger partial charge on any atom is 0.458 e.